The molecule has 1 atom stereocenters. The molecule has 5 nitrogen and oxygen atoms in total. The second kappa shape index (κ2) is 7.76. The Morgan fingerprint density at radius 1 is 0.963 bits per heavy atom. The lowest BCUT2D eigenvalue weighted by Gasteiger charge is -2.29. The molecule has 1 N–H and O–H groups in total. The minimum absolute atomic E-state index is 0.258. The van der Waals surface area contributed by atoms with Crippen LogP contribution in [0.2, 0.25) is 0 Å². The maximum Gasteiger partial charge on any atom is 0.338 e. The lowest BCUT2D eigenvalue weighted by Crippen LogP contribution is -2.32. The van der Waals surface area contributed by atoms with Crippen LogP contribution in [0.1, 0.15) is 39.4 Å². The van der Waals surface area contributed by atoms with Gasteiger partial charge in [0, 0.05) is 11.1 Å². The summed E-state index contributed by atoms with van der Waals surface area (Å²) in [7, 11) is 0. The molecule has 0 amide bonds. The number of hydrogen-bond acceptors (Lipinski definition) is 5. The Balaban J connectivity index is 2.38. The summed E-state index contributed by atoms with van der Waals surface area (Å²) in [6, 6.07) is 10.6. The molecule has 0 saturated heterocycles. The summed E-state index contributed by atoms with van der Waals surface area (Å²) in [6.07, 6.45) is -0.855. The normalized spacial score (nSPS) is 12.3. The summed E-state index contributed by atoms with van der Waals surface area (Å²) in [6.45, 7) is 13.4. The quantitative estimate of drug-likeness (QED) is 0.469. The molecule has 0 bridgehead atoms. The summed E-state index contributed by atoms with van der Waals surface area (Å²) in [5.41, 5.74) is -0.0569. The van der Waals surface area contributed by atoms with Crippen molar-refractivity contribution in [3.05, 3.63) is 66.3 Å². The summed E-state index contributed by atoms with van der Waals surface area (Å²) in [4.78, 5) is 23.6. The zero-order valence-corrected chi connectivity index (χ0v) is 16.0. The van der Waals surface area contributed by atoms with Crippen molar-refractivity contribution < 1.29 is 24.2 Å². The molecular weight excluding hydrogens is 344 g/mol. The molecule has 0 radical (unpaired) electrons. The predicted molar refractivity (Wildman–Crippen MR) is 104 cm³/mol. The average molecular weight is 368 g/mol. The van der Waals surface area contributed by atoms with Crippen molar-refractivity contribution in [2.24, 2.45) is 0 Å². The molecule has 0 fully saturated rings. The molecule has 0 heterocycles. The van der Waals surface area contributed by atoms with E-state index in [-0.39, 0.29) is 5.57 Å². The van der Waals surface area contributed by atoms with Crippen molar-refractivity contribution >= 4 is 22.7 Å². The highest BCUT2D eigenvalue weighted by molar-refractivity contribution is 5.90. The summed E-state index contributed by atoms with van der Waals surface area (Å²) in [5.74, 6) is -0.639. The number of aliphatic hydroxyl groups is 1. The van der Waals surface area contributed by atoms with Crippen LogP contribution in [0.15, 0.2) is 60.7 Å². The average Bonchev–Trinajstić information content (AvgIpc) is 2.57. The summed E-state index contributed by atoms with van der Waals surface area (Å²) < 4.78 is 10.7. The number of ether oxygens (including phenoxy) is 2. The molecule has 142 valence electrons. The van der Waals surface area contributed by atoms with Crippen LogP contribution in [0, 0.1) is 0 Å². The maximum absolute atomic E-state index is 12.0. The minimum atomic E-state index is -1.28. The smallest absolute Gasteiger partial charge is 0.338 e. The van der Waals surface area contributed by atoms with E-state index in [4.69, 9.17) is 9.47 Å². The van der Waals surface area contributed by atoms with Crippen molar-refractivity contribution in [1.29, 1.82) is 0 Å². The second-order valence-electron chi connectivity index (χ2n) is 7.16. The van der Waals surface area contributed by atoms with Gasteiger partial charge in [-0.1, -0.05) is 31.4 Å². The summed E-state index contributed by atoms with van der Waals surface area (Å²) in [5, 5.41) is 12.1. The zero-order valence-electron chi connectivity index (χ0n) is 16.0. The van der Waals surface area contributed by atoms with Crippen LogP contribution in [0.4, 0.5) is 0 Å². The SMILES string of the molecule is C=C(C)C(=O)Oc1ccc2cc(C(OC(=O)C(=C)C)C(C)(C)O)ccc2c1. The summed E-state index contributed by atoms with van der Waals surface area (Å²) >= 11 is 0. The molecule has 1 unspecified atom stereocenters. The fraction of sp³-hybridized carbons (Fsp3) is 0.273. The highest BCUT2D eigenvalue weighted by Crippen LogP contribution is 2.33. The molecule has 0 saturated carbocycles. The molecule has 0 aliphatic heterocycles. The van der Waals surface area contributed by atoms with E-state index in [0.29, 0.717) is 16.9 Å². The van der Waals surface area contributed by atoms with Gasteiger partial charge in [0.2, 0.25) is 0 Å². The Bertz CT molecular complexity index is 918. The lowest BCUT2D eigenvalue weighted by molar-refractivity contribution is -0.158. The monoisotopic (exact) mass is 368 g/mol. The van der Waals surface area contributed by atoms with Crippen LogP contribution in [-0.2, 0) is 14.3 Å². The Hall–Kier alpha value is -2.92. The highest BCUT2D eigenvalue weighted by Gasteiger charge is 2.32. The van der Waals surface area contributed by atoms with E-state index in [1.165, 1.54) is 0 Å². The predicted octanol–water partition coefficient (Wildman–Crippen LogP) is 4.25. The first-order valence-corrected chi connectivity index (χ1v) is 8.49. The van der Waals surface area contributed by atoms with E-state index in [9.17, 15) is 14.7 Å². The first-order chi connectivity index (χ1) is 12.5. The van der Waals surface area contributed by atoms with Gasteiger partial charge in [0.25, 0.3) is 0 Å². The van der Waals surface area contributed by atoms with Gasteiger partial charge in [-0.2, -0.15) is 0 Å². The van der Waals surface area contributed by atoms with Crippen molar-refractivity contribution in [3.8, 4) is 5.75 Å². The number of carbonyl (C=O) groups is 2. The first-order valence-electron chi connectivity index (χ1n) is 8.49. The van der Waals surface area contributed by atoms with Gasteiger partial charge in [-0.25, -0.2) is 9.59 Å². The number of rotatable bonds is 6. The van der Waals surface area contributed by atoms with Crippen molar-refractivity contribution in [3.63, 3.8) is 0 Å². The van der Waals surface area contributed by atoms with Gasteiger partial charge in [0.1, 0.15) is 11.4 Å². The maximum atomic E-state index is 12.0. The van der Waals surface area contributed by atoms with Crippen molar-refractivity contribution in [1.82, 2.24) is 0 Å². The molecule has 27 heavy (non-hydrogen) atoms. The third kappa shape index (κ3) is 5.05. The van der Waals surface area contributed by atoms with Crippen LogP contribution < -0.4 is 4.74 Å². The van der Waals surface area contributed by atoms with Crippen LogP contribution in [0.5, 0.6) is 5.75 Å². The molecule has 5 heteroatoms. The Morgan fingerprint density at radius 3 is 2.07 bits per heavy atom. The molecule has 0 aliphatic carbocycles. The number of benzene rings is 2. The highest BCUT2D eigenvalue weighted by atomic mass is 16.6. The molecule has 2 aromatic carbocycles. The number of carbonyl (C=O) groups excluding carboxylic acids is 2. The van der Waals surface area contributed by atoms with Gasteiger partial charge < -0.3 is 14.6 Å². The fourth-order valence-corrected chi connectivity index (χ4v) is 2.49. The minimum Gasteiger partial charge on any atom is -0.451 e. The first kappa shape index (κ1) is 20.4. The van der Waals surface area contributed by atoms with Crippen molar-refractivity contribution in [2.45, 2.75) is 39.4 Å². The van der Waals surface area contributed by atoms with Crippen molar-refractivity contribution in [2.75, 3.05) is 0 Å². The van der Waals surface area contributed by atoms with E-state index in [1.807, 2.05) is 12.1 Å². The van der Waals surface area contributed by atoms with E-state index in [1.54, 1.807) is 52.0 Å². The largest absolute Gasteiger partial charge is 0.451 e. The Morgan fingerprint density at radius 2 is 1.52 bits per heavy atom. The van der Waals surface area contributed by atoms with E-state index >= 15 is 0 Å². The van der Waals surface area contributed by atoms with Crippen LogP contribution >= 0.6 is 0 Å². The second-order valence-corrected chi connectivity index (χ2v) is 7.16. The van der Waals surface area contributed by atoms with Gasteiger partial charge in [0.15, 0.2) is 6.10 Å². The van der Waals surface area contributed by atoms with E-state index in [2.05, 4.69) is 13.2 Å². The van der Waals surface area contributed by atoms with Crippen LogP contribution in [-0.4, -0.2) is 22.6 Å². The Labute approximate surface area is 158 Å². The van der Waals surface area contributed by atoms with Gasteiger partial charge in [-0.05, 0) is 62.2 Å². The van der Waals surface area contributed by atoms with Gasteiger partial charge in [-0.3, -0.25) is 0 Å². The topological polar surface area (TPSA) is 72.8 Å². The molecule has 2 rings (SSSR count). The van der Waals surface area contributed by atoms with Gasteiger partial charge in [0.05, 0.1) is 0 Å². The van der Waals surface area contributed by atoms with Gasteiger partial charge >= 0.3 is 11.9 Å². The molecule has 0 aromatic heterocycles. The third-order valence-electron chi connectivity index (χ3n) is 3.91. The standard InChI is InChI=1S/C22H24O5/c1-13(2)20(23)26-18-10-9-15-11-17(8-7-16(15)12-18)19(22(5,6)25)27-21(24)14(3)4/h7-12,19,25H,1,3H2,2,4-6H3. The van der Waals surface area contributed by atoms with Gasteiger partial charge in [-0.15, -0.1) is 0 Å². The lowest BCUT2D eigenvalue weighted by atomic mass is 9.93. The molecule has 0 aliphatic rings. The molecule has 2 aromatic rings. The van der Waals surface area contributed by atoms with Crippen LogP contribution in [0.25, 0.3) is 10.8 Å². The number of esters is 2. The zero-order chi connectivity index (χ0) is 20.4. The molecule has 0 spiro atoms. The van der Waals surface area contributed by atoms with E-state index < -0.39 is 23.6 Å². The number of hydrogen-bond donors (Lipinski definition) is 1. The fourth-order valence-electron chi connectivity index (χ4n) is 2.49. The van der Waals surface area contributed by atoms with Crippen LogP contribution in [0.3, 0.4) is 0 Å². The number of fused-ring (bicyclic) bond motifs is 1. The Kier molecular flexibility index (Phi) is 5.86. The van der Waals surface area contributed by atoms with E-state index in [0.717, 1.165) is 10.8 Å². The third-order valence-corrected chi connectivity index (χ3v) is 3.91. The molecular formula is C22H24O5.